The van der Waals surface area contributed by atoms with Crippen molar-refractivity contribution in [3.63, 3.8) is 0 Å². The highest BCUT2D eigenvalue weighted by Crippen LogP contribution is 2.17. The first-order chi connectivity index (χ1) is 9.33. The fraction of sp³-hybridized carbons (Fsp3) is 0.571. The van der Waals surface area contributed by atoms with Crippen LogP contribution in [0.15, 0.2) is 18.3 Å². The Hall–Kier alpha value is -1.64. The van der Waals surface area contributed by atoms with Crippen LogP contribution in [0.5, 0.6) is 0 Å². The zero-order valence-corrected chi connectivity index (χ0v) is 11.6. The molecule has 1 aromatic rings. The normalized spacial score (nSPS) is 10.2. The Morgan fingerprint density at radius 2 is 1.84 bits per heavy atom. The molecular formula is C14H21N3O2. The summed E-state index contributed by atoms with van der Waals surface area (Å²) in [5.74, 6) is 0. The van der Waals surface area contributed by atoms with E-state index in [0.717, 1.165) is 18.8 Å². The Bertz CT molecular complexity index is 394. The number of anilines is 1. The Morgan fingerprint density at radius 1 is 1.21 bits per heavy atom. The van der Waals surface area contributed by atoms with Crippen LogP contribution in [0.2, 0.25) is 0 Å². The van der Waals surface area contributed by atoms with E-state index in [9.17, 15) is 0 Å². The van der Waals surface area contributed by atoms with Crippen LogP contribution in [0.3, 0.4) is 0 Å². The number of rotatable bonds is 9. The van der Waals surface area contributed by atoms with Crippen molar-refractivity contribution in [1.29, 1.82) is 5.26 Å². The van der Waals surface area contributed by atoms with E-state index in [2.05, 4.69) is 16.0 Å². The van der Waals surface area contributed by atoms with Gasteiger partial charge in [-0.1, -0.05) is 0 Å². The molecule has 0 saturated heterocycles. The van der Waals surface area contributed by atoms with E-state index < -0.39 is 0 Å². The number of nitrogens with zero attached hydrogens (tertiary/aromatic N) is 3. The third-order valence-electron chi connectivity index (χ3n) is 2.65. The van der Waals surface area contributed by atoms with Crippen LogP contribution in [0.25, 0.3) is 0 Å². The summed E-state index contributed by atoms with van der Waals surface area (Å²) in [4.78, 5) is 6.17. The Balaban J connectivity index is 2.73. The molecule has 5 nitrogen and oxygen atoms in total. The predicted octanol–water partition coefficient (Wildman–Crippen LogP) is 1.83. The van der Waals surface area contributed by atoms with Crippen LogP contribution in [-0.2, 0) is 9.47 Å². The molecule has 0 fully saturated rings. The molecule has 0 unspecified atom stereocenters. The van der Waals surface area contributed by atoms with Gasteiger partial charge in [0.2, 0.25) is 0 Å². The molecule has 0 N–H and O–H groups in total. The van der Waals surface area contributed by atoms with Gasteiger partial charge in [-0.25, -0.2) is 4.98 Å². The van der Waals surface area contributed by atoms with E-state index in [1.54, 1.807) is 6.20 Å². The van der Waals surface area contributed by atoms with Gasteiger partial charge >= 0.3 is 0 Å². The number of nitriles is 1. The molecular weight excluding hydrogens is 242 g/mol. The van der Waals surface area contributed by atoms with Gasteiger partial charge in [0.1, 0.15) is 6.07 Å². The molecule has 5 heteroatoms. The summed E-state index contributed by atoms with van der Waals surface area (Å²) in [6.07, 6.45) is 1.63. The largest absolute Gasteiger partial charge is 0.380 e. The van der Waals surface area contributed by atoms with Crippen LogP contribution < -0.4 is 4.90 Å². The van der Waals surface area contributed by atoms with Crippen molar-refractivity contribution >= 4 is 5.69 Å². The molecule has 104 valence electrons. The van der Waals surface area contributed by atoms with Gasteiger partial charge in [-0.2, -0.15) is 5.26 Å². The number of pyridine rings is 1. The van der Waals surface area contributed by atoms with Crippen LogP contribution >= 0.6 is 0 Å². The van der Waals surface area contributed by atoms with Gasteiger partial charge in [-0.3, -0.25) is 0 Å². The van der Waals surface area contributed by atoms with Gasteiger partial charge in [0.05, 0.1) is 18.9 Å². The zero-order valence-electron chi connectivity index (χ0n) is 11.6. The first-order valence-electron chi connectivity index (χ1n) is 6.59. The summed E-state index contributed by atoms with van der Waals surface area (Å²) < 4.78 is 10.8. The molecule has 19 heavy (non-hydrogen) atoms. The third kappa shape index (κ3) is 5.25. The highest BCUT2D eigenvalue weighted by Gasteiger charge is 2.11. The molecule has 0 aliphatic carbocycles. The number of hydrogen-bond donors (Lipinski definition) is 0. The van der Waals surface area contributed by atoms with Crippen molar-refractivity contribution in [2.75, 3.05) is 44.4 Å². The second-order valence-corrected chi connectivity index (χ2v) is 3.86. The quantitative estimate of drug-likeness (QED) is 0.636. The molecule has 0 aromatic carbocycles. The molecule has 0 aliphatic rings. The standard InChI is InChI=1S/C14H21N3O2/c1-3-18-10-8-17(9-11-19-4-2)14-6-5-7-16-13(14)12-15/h5-7H,3-4,8-11H2,1-2H3. The highest BCUT2D eigenvalue weighted by atomic mass is 16.5. The van der Waals surface area contributed by atoms with Crippen LogP contribution in [0.1, 0.15) is 19.5 Å². The molecule has 0 spiro atoms. The van der Waals surface area contributed by atoms with Gasteiger partial charge in [0.25, 0.3) is 0 Å². The van der Waals surface area contributed by atoms with Gasteiger partial charge in [0.15, 0.2) is 5.69 Å². The average Bonchev–Trinajstić information content (AvgIpc) is 2.46. The summed E-state index contributed by atoms with van der Waals surface area (Å²) >= 11 is 0. The zero-order chi connectivity index (χ0) is 13.9. The second-order valence-electron chi connectivity index (χ2n) is 3.86. The molecule has 1 aromatic heterocycles. The van der Waals surface area contributed by atoms with E-state index in [0.29, 0.717) is 32.1 Å². The minimum atomic E-state index is 0.440. The maximum absolute atomic E-state index is 9.11. The molecule has 0 bridgehead atoms. The molecule has 0 atom stereocenters. The summed E-state index contributed by atoms with van der Waals surface area (Å²) in [5.41, 5.74) is 1.28. The third-order valence-corrected chi connectivity index (χ3v) is 2.65. The minimum Gasteiger partial charge on any atom is -0.380 e. The number of hydrogen-bond acceptors (Lipinski definition) is 5. The molecule has 0 radical (unpaired) electrons. The van der Waals surface area contributed by atoms with Crippen molar-refractivity contribution in [2.24, 2.45) is 0 Å². The van der Waals surface area contributed by atoms with Gasteiger partial charge in [-0.05, 0) is 26.0 Å². The fourth-order valence-electron chi connectivity index (χ4n) is 1.73. The van der Waals surface area contributed by atoms with E-state index in [1.165, 1.54) is 0 Å². The van der Waals surface area contributed by atoms with E-state index in [4.69, 9.17) is 14.7 Å². The van der Waals surface area contributed by atoms with Gasteiger partial charge in [-0.15, -0.1) is 0 Å². The van der Waals surface area contributed by atoms with E-state index in [-0.39, 0.29) is 0 Å². The van der Waals surface area contributed by atoms with Crippen LogP contribution in [0, 0.1) is 11.3 Å². The van der Waals surface area contributed by atoms with Gasteiger partial charge in [0, 0.05) is 32.5 Å². The lowest BCUT2D eigenvalue weighted by Crippen LogP contribution is -2.31. The van der Waals surface area contributed by atoms with Crippen LogP contribution in [0.4, 0.5) is 5.69 Å². The SMILES string of the molecule is CCOCCN(CCOCC)c1cccnc1C#N. The molecule has 0 aliphatic heterocycles. The number of ether oxygens (including phenoxy) is 2. The first-order valence-corrected chi connectivity index (χ1v) is 6.59. The lowest BCUT2D eigenvalue weighted by atomic mass is 10.2. The van der Waals surface area contributed by atoms with Crippen molar-refractivity contribution in [3.8, 4) is 6.07 Å². The maximum atomic E-state index is 9.11. The van der Waals surface area contributed by atoms with Gasteiger partial charge < -0.3 is 14.4 Å². The van der Waals surface area contributed by atoms with E-state index in [1.807, 2.05) is 26.0 Å². The molecule has 0 amide bonds. The summed E-state index contributed by atoms with van der Waals surface area (Å²) in [7, 11) is 0. The Kier molecular flexibility index (Phi) is 7.56. The Morgan fingerprint density at radius 3 is 2.37 bits per heavy atom. The smallest absolute Gasteiger partial charge is 0.163 e. The highest BCUT2D eigenvalue weighted by molar-refractivity contribution is 5.55. The molecule has 1 heterocycles. The first kappa shape index (κ1) is 15.4. The Labute approximate surface area is 114 Å². The summed E-state index contributed by atoms with van der Waals surface area (Å²) in [6.45, 7) is 8.02. The van der Waals surface area contributed by atoms with Crippen LogP contribution in [-0.4, -0.2) is 44.5 Å². The average molecular weight is 263 g/mol. The van der Waals surface area contributed by atoms with Crippen molar-refractivity contribution < 1.29 is 9.47 Å². The monoisotopic (exact) mass is 263 g/mol. The van der Waals surface area contributed by atoms with Crippen molar-refractivity contribution in [3.05, 3.63) is 24.0 Å². The molecule has 0 saturated carbocycles. The lowest BCUT2D eigenvalue weighted by Gasteiger charge is -2.25. The topological polar surface area (TPSA) is 58.4 Å². The maximum Gasteiger partial charge on any atom is 0.163 e. The predicted molar refractivity (Wildman–Crippen MR) is 74.2 cm³/mol. The fourth-order valence-corrected chi connectivity index (χ4v) is 1.73. The minimum absolute atomic E-state index is 0.440. The van der Waals surface area contributed by atoms with Crippen molar-refractivity contribution in [2.45, 2.75) is 13.8 Å². The summed E-state index contributed by atoms with van der Waals surface area (Å²) in [6, 6.07) is 5.87. The van der Waals surface area contributed by atoms with Crippen molar-refractivity contribution in [1.82, 2.24) is 4.98 Å². The van der Waals surface area contributed by atoms with E-state index >= 15 is 0 Å². The molecule has 1 rings (SSSR count). The number of aromatic nitrogens is 1. The second kappa shape index (κ2) is 9.31. The lowest BCUT2D eigenvalue weighted by molar-refractivity contribution is 0.141. The summed E-state index contributed by atoms with van der Waals surface area (Å²) in [5, 5.41) is 9.11.